The van der Waals surface area contributed by atoms with Gasteiger partial charge in [-0.1, -0.05) is 24.3 Å². The Labute approximate surface area is 136 Å². The largest absolute Gasteiger partial charge is 0.478 e. The minimum atomic E-state index is -1.27. The van der Waals surface area contributed by atoms with Crippen molar-refractivity contribution in [3.05, 3.63) is 77.1 Å². The van der Waals surface area contributed by atoms with E-state index in [1.807, 2.05) is 0 Å². The number of hydrogen-bond acceptors (Lipinski definition) is 3. The van der Waals surface area contributed by atoms with Crippen LogP contribution < -0.4 is 0 Å². The first-order chi connectivity index (χ1) is 11.5. The van der Waals surface area contributed by atoms with E-state index in [0.717, 1.165) is 12.1 Å². The monoisotopic (exact) mass is 330 g/mol. The van der Waals surface area contributed by atoms with Crippen LogP contribution in [0.3, 0.4) is 0 Å². The molecule has 2 aromatic rings. The Hall–Kier alpha value is -3.02. The van der Waals surface area contributed by atoms with Crippen molar-refractivity contribution < 1.29 is 28.2 Å². The average molecular weight is 330 g/mol. The maximum absolute atomic E-state index is 13.0. The highest BCUT2D eigenvalue weighted by Crippen LogP contribution is 2.37. The molecule has 4 nitrogen and oxygen atoms in total. The molecule has 0 aliphatic carbocycles. The van der Waals surface area contributed by atoms with Gasteiger partial charge in [0, 0.05) is 6.42 Å². The van der Waals surface area contributed by atoms with E-state index in [9.17, 15) is 23.5 Å². The lowest BCUT2D eigenvalue weighted by atomic mass is 9.94. The summed E-state index contributed by atoms with van der Waals surface area (Å²) < 4.78 is 31.2. The molecule has 122 valence electrons. The molecule has 2 aromatic carbocycles. The normalized spacial score (nSPS) is 19.1. The molecule has 1 N–H and O–H groups in total. The van der Waals surface area contributed by atoms with Gasteiger partial charge in [0.15, 0.2) is 0 Å². The highest BCUT2D eigenvalue weighted by Gasteiger charge is 2.35. The highest BCUT2D eigenvalue weighted by atomic mass is 19.1. The van der Waals surface area contributed by atoms with Crippen molar-refractivity contribution in [1.82, 2.24) is 0 Å². The van der Waals surface area contributed by atoms with E-state index in [2.05, 4.69) is 0 Å². The van der Waals surface area contributed by atoms with E-state index in [-0.39, 0.29) is 23.3 Å². The fraction of sp³-hybridized carbons (Fsp3) is 0.111. The summed E-state index contributed by atoms with van der Waals surface area (Å²) in [4.78, 5) is 23.7. The van der Waals surface area contributed by atoms with Crippen LogP contribution >= 0.6 is 0 Å². The average Bonchev–Trinajstić information content (AvgIpc) is 2.91. The number of esters is 1. The fourth-order valence-electron chi connectivity index (χ4n) is 2.63. The van der Waals surface area contributed by atoms with Gasteiger partial charge in [0.05, 0.1) is 5.92 Å². The summed E-state index contributed by atoms with van der Waals surface area (Å²) in [5, 5.41) is 9.44. The molecule has 1 atom stereocenters. The second-order valence-electron chi connectivity index (χ2n) is 5.34. The fourth-order valence-corrected chi connectivity index (χ4v) is 2.63. The second-order valence-corrected chi connectivity index (χ2v) is 5.34. The lowest BCUT2D eigenvalue weighted by molar-refractivity contribution is -0.136. The molecule has 0 radical (unpaired) electrons. The molecule has 24 heavy (non-hydrogen) atoms. The SMILES string of the molecule is O=C(O)/C(=C1\CC(c2ccc(F)cc2)C(=O)O1)c1ccc(F)cc1. The molecule has 0 bridgehead atoms. The quantitative estimate of drug-likeness (QED) is 0.691. The molecule has 1 aliphatic rings. The molecule has 0 saturated carbocycles. The predicted molar refractivity (Wildman–Crippen MR) is 80.8 cm³/mol. The van der Waals surface area contributed by atoms with Crippen LogP contribution in [-0.2, 0) is 14.3 Å². The van der Waals surface area contributed by atoms with E-state index in [1.165, 1.54) is 36.4 Å². The van der Waals surface area contributed by atoms with Gasteiger partial charge in [0.1, 0.15) is 23.0 Å². The Kier molecular flexibility index (Phi) is 4.12. The lowest BCUT2D eigenvalue weighted by Gasteiger charge is -2.06. The first-order valence-corrected chi connectivity index (χ1v) is 7.15. The van der Waals surface area contributed by atoms with Gasteiger partial charge in [-0.15, -0.1) is 0 Å². The smallest absolute Gasteiger partial charge is 0.339 e. The minimum absolute atomic E-state index is 0.00781. The van der Waals surface area contributed by atoms with Crippen molar-refractivity contribution in [3.63, 3.8) is 0 Å². The summed E-state index contributed by atoms with van der Waals surface area (Å²) in [5.74, 6) is -3.50. The van der Waals surface area contributed by atoms with Gasteiger partial charge in [-0.2, -0.15) is 0 Å². The van der Waals surface area contributed by atoms with Crippen LogP contribution in [0.5, 0.6) is 0 Å². The Bertz CT molecular complexity index is 823. The number of aliphatic carboxylic acids is 1. The number of benzene rings is 2. The van der Waals surface area contributed by atoms with Crippen LogP contribution in [0.4, 0.5) is 8.78 Å². The van der Waals surface area contributed by atoms with Crippen LogP contribution in [0.25, 0.3) is 5.57 Å². The van der Waals surface area contributed by atoms with Crippen molar-refractivity contribution in [2.24, 2.45) is 0 Å². The van der Waals surface area contributed by atoms with Gasteiger partial charge < -0.3 is 9.84 Å². The standard InChI is InChI=1S/C18H12F2O4/c19-12-5-1-10(2-6-12)14-9-15(24-18(14)23)16(17(21)22)11-3-7-13(20)8-4-11/h1-8,14H,9H2,(H,21,22)/b16-15+. The second kappa shape index (κ2) is 6.23. The number of hydrogen-bond donors (Lipinski definition) is 1. The molecule has 1 fully saturated rings. The van der Waals surface area contributed by atoms with E-state index in [0.29, 0.717) is 5.56 Å². The summed E-state index contributed by atoms with van der Waals surface area (Å²) in [6.07, 6.45) is 0.0451. The van der Waals surface area contributed by atoms with Gasteiger partial charge in [0.25, 0.3) is 0 Å². The van der Waals surface area contributed by atoms with E-state index in [4.69, 9.17) is 4.74 Å². The number of cyclic esters (lactones) is 1. The van der Waals surface area contributed by atoms with Crippen molar-refractivity contribution in [2.75, 3.05) is 0 Å². The van der Waals surface area contributed by atoms with Gasteiger partial charge in [-0.3, -0.25) is 4.79 Å². The number of allylic oxidation sites excluding steroid dienone is 1. The van der Waals surface area contributed by atoms with Gasteiger partial charge in [0.2, 0.25) is 0 Å². The summed E-state index contributed by atoms with van der Waals surface area (Å²) in [7, 11) is 0. The molecule has 0 amide bonds. The molecule has 6 heteroatoms. The van der Waals surface area contributed by atoms with Crippen LogP contribution in [0, 0.1) is 11.6 Å². The third kappa shape index (κ3) is 3.03. The molecule has 0 spiro atoms. The molecule has 1 aliphatic heterocycles. The summed E-state index contributed by atoms with van der Waals surface area (Å²) in [6.45, 7) is 0. The first-order valence-electron chi connectivity index (χ1n) is 7.15. The predicted octanol–water partition coefficient (Wildman–Crippen LogP) is 3.49. The summed E-state index contributed by atoms with van der Waals surface area (Å²) in [6, 6.07) is 10.3. The Balaban J connectivity index is 1.99. The highest BCUT2D eigenvalue weighted by molar-refractivity contribution is 6.16. The van der Waals surface area contributed by atoms with E-state index >= 15 is 0 Å². The maximum Gasteiger partial charge on any atom is 0.339 e. The Morgan fingerprint density at radius 2 is 1.54 bits per heavy atom. The zero-order valence-electron chi connectivity index (χ0n) is 12.3. The Morgan fingerprint density at radius 3 is 2.08 bits per heavy atom. The number of carbonyl (C=O) groups is 2. The molecule has 0 aromatic heterocycles. The number of rotatable bonds is 3. The first kappa shape index (κ1) is 15.9. The van der Waals surface area contributed by atoms with E-state index < -0.39 is 29.5 Å². The number of ether oxygens (including phenoxy) is 1. The zero-order valence-corrected chi connectivity index (χ0v) is 12.3. The molecular formula is C18H12F2O4. The van der Waals surface area contributed by atoms with Crippen LogP contribution in [-0.4, -0.2) is 17.0 Å². The molecule has 3 rings (SSSR count). The number of halogens is 2. The van der Waals surface area contributed by atoms with Crippen LogP contribution in [0.15, 0.2) is 54.3 Å². The van der Waals surface area contributed by atoms with Crippen molar-refractivity contribution in [2.45, 2.75) is 12.3 Å². The minimum Gasteiger partial charge on any atom is -0.478 e. The molecule has 1 unspecified atom stereocenters. The molecule has 1 heterocycles. The summed E-state index contributed by atoms with van der Waals surface area (Å²) >= 11 is 0. The maximum atomic E-state index is 13.0. The number of carboxylic acid groups (broad SMARTS) is 1. The Morgan fingerprint density at radius 1 is 1.00 bits per heavy atom. The number of carbonyl (C=O) groups excluding carboxylic acids is 1. The third-order valence-corrected chi connectivity index (χ3v) is 3.80. The topological polar surface area (TPSA) is 63.6 Å². The van der Waals surface area contributed by atoms with Crippen LogP contribution in [0.1, 0.15) is 23.5 Å². The van der Waals surface area contributed by atoms with Crippen molar-refractivity contribution >= 4 is 17.5 Å². The molecular weight excluding hydrogens is 318 g/mol. The summed E-state index contributed by atoms with van der Waals surface area (Å²) in [5.41, 5.74) is 0.597. The number of carboxylic acids is 1. The third-order valence-electron chi connectivity index (χ3n) is 3.80. The van der Waals surface area contributed by atoms with E-state index in [1.54, 1.807) is 0 Å². The lowest BCUT2D eigenvalue weighted by Crippen LogP contribution is -2.05. The van der Waals surface area contributed by atoms with Crippen molar-refractivity contribution in [1.29, 1.82) is 0 Å². The van der Waals surface area contributed by atoms with Crippen LogP contribution in [0.2, 0.25) is 0 Å². The zero-order chi connectivity index (χ0) is 17.3. The van der Waals surface area contributed by atoms with Gasteiger partial charge in [-0.25, -0.2) is 13.6 Å². The van der Waals surface area contributed by atoms with Gasteiger partial charge >= 0.3 is 11.9 Å². The van der Waals surface area contributed by atoms with Crippen molar-refractivity contribution in [3.8, 4) is 0 Å². The van der Waals surface area contributed by atoms with Gasteiger partial charge in [-0.05, 0) is 35.4 Å². The molecule has 1 saturated heterocycles.